The molecule has 0 fully saturated rings. The Balaban J connectivity index is 2.42. The normalized spacial score (nSPS) is 9.74. The van der Waals surface area contributed by atoms with Gasteiger partial charge in [-0.1, -0.05) is 6.07 Å². The summed E-state index contributed by atoms with van der Waals surface area (Å²) in [6.45, 7) is -0.596. The summed E-state index contributed by atoms with van der Waals surface area (Å²) in [6.07, 6.45) is -0.146. The van der Waals surface area contributed by atoms with Gasteiger partial charge in [-0.05, 0) is 12.1 Å². The first-order valence-corrected chi connectivity index (χ1v) is 5.67. The molecule has 1 aromatic carbocycles. The number of halogens is 1. The van der Waals surface area contributed by atoms with E-state index in [4.69, 9.17) is 9.84 Å². The van der Waals surface area contributed by atoms with Crippen LogP contribution >= 0.6 is 0 Å². The Morgan fingerprint density at radius 1 is 1.37 bits per heavy atom. The number of anilines is 1. The fraction of sp³-hybridized carbons (Fsp3) is 0.333. The van der Waals surface area contributed by atoms with Crippen LogP contribution in [0.2, 0.25) is 0 Å². The summed E-state index contributed by atoms with van der Waals surface area (Å²) in [5, 5.41) is 13.3. The predicted octanol–water partition coefficient (Wildman–Crippen LogP) is 1.63. The lowest BCUT2D eigenvalue weighted by molar-refractivity contribution is -0.136. The highest BCUT2D eigenvalue weighted by molar-refractivity contribution is 5.89. The second-order valence-corrected chi connectivity index (χ2v) is 3.59. The van der Waals surface area contributed by atoms with E-state index >= 15 is 0 Å². The number of aliphatic carboxylic acids is 1. The van der Waals surface area contributed by atoms with E-state index in [-0.39, 0.29) is 19.6 Å². The van der Waals surface area contributed by atoms with E-state index in [0.717, 1.165) is 0 Å². The Hall–Kier alpha value is -2.31. The second kappa shape index (κ2) is 7.91. The topological polar surface area (TPSA) is 87.7 Å². The first-order valence-electron chi connectivity index (χ1n) is 5.67. The zero-order chi connectivity index (χ0) is 14.1. The third-order valence-electron chi connectivity index (χ3n) is 2.06. The number of carboxylic acid groups (broad SMARTS) is 1. The third-order valence-corrected chi connectivity index (χ3v) is 2.06. The molecule has 2 amide bonds. The van der Waals surface area contributed by atoms with Crippen LogP contribution in [0.25, 0.3) is 0 Å². The van der Waals surface area contributed by atoms with Crippen molar-refractivity contribution in [2.45, 2.75) is 6.42 Å². The van der Waals surface area contributed by atoms with E-state index in [1.54, 1.807) is 24.3 Å². The Kier molecular flexibility index (Phi) is 6.14. The van der Waals surface area contributed by atoms with Gasteiger partial charge in [0.25, 0.3) is 0 Å². The highest BCUT2D eigenvalue weighted by atomic mass is 19.1. The summed E-state index contributed by atoms with van der Waals surface area (Å²) in [5.41, 5.74) is 0.476. The monoisotopic (exact) mass is 270 g/mol. The molecule has 0 saturated carbocycles. The van der Waals surface area contributed by atoms with Crippen LogP contribution in [0.15, 0.2) is 24.3 Å². The number of amides is 2. The van der Waals surface area contributed by atoms with Crippen molar-refractivity contribution < 1.29 is 23.8 Å². The van der Waals surface area contributed by atoms with Gasteiger partial charge in [0, 0.05) is 18.3 Å². The van der Waals surface area contributed by atoms with Gasteiger partial charge in [-0.25, -0.2) is 9.18 Å². The number of benzene rings is 1. The molecule has 7 heteroatoms. The molecule has 1 aromatic rings. The zero-order valence-electron chi connectivity index (χ0n) is 10.2. The van der Waals surface area contributed by atoms with Gasteiger partial charge in [-0.15, -0.1) is 0 Å². The smallest absolute Gasteiger partial charge is 0.319 e. The molecule has 0 saturated heterocycles. The van der Waals surface area contributed by atoms with Crippen LogP contribution in [-0.4, -0.2) is 36.9 Å². The van der Waals surface area contributed by atoms with E-state index in [9.17, 15) is 14.0 Å². The second-order valence-electron chi connectivity index (χ2n) is 3.59. The van der Waals surface area contributed by atoms with Crippen LogP contribution < -0.4 is 15.4 Å². The van der Waals surface area contributed by atoms with Crippen molar-refractivity contribution >= 4 is 17.7 Å². The highest BCUT2D eigenvalue weighted by Gasteiger charge is 2.03. The van der Waals surface area contributed by atoms with Gasteiger partial charge in [0.05, 0.1) is 6.42 Å². The Bertz CT molecular complexity index is 439. The molecule has 0 heterocycles. The maximum absolute atomic E-state index is 11.9. The molecule has 0 radical (unpaired) electrons. The summed E-state index contributed by atoms with van der Waals surface area (Å²) in [7, 11) is 0. The molecular weight excluding hydrogens is 255 g/mol. The summed E-state index contributed by atoms with van der Waals surface area (Å²) >= 11 is 0. The lowest BCUT2D eigenvalue weighted by Gasteiger charge is -2.08. The van der Waals surface area contributed by atoms with Crippen LogP contribution in [0.4, 0.5) is 14.9 Å². The molecule has 6 nitrogen and oxygen atoms in total. The molecule has 0 spiro atoms. The number of nitrogens with one attached hydrogen (secondary N) is 2. The number of urea groups is 1. The SMILES string of the molecule is O=C(O)CCNC(=O)Nc1cccc(OCCF)c1. The third kappa shape index (κ3) is 6.25. The van der Waals surface area contributed by atoms with Crippen molar-refractivity contribution in [2.75, 3.05) is 25.1 Å². The maximum atomic E-state index is 11.9. The molecule has 0 bridgehead atoms. The lowest BCUT2D eigenvalue weighted by Crippen LogP contribution is -2.30. The Labute approximate surface area is 109 Å². The number of carbonyl (C=O) groups excluding carboxylic acids is 1. The van der Waals surface area contributed by atoms with Gasteiger partial charge in [0.15, 0.2) is 0 Å². The average Bonchev–Trinajstić information content (AvgIpc) is 2.36. The first kappa shape index (κ1) is 14.7. The van der Waals surface area contributed by atoms with Crippen LogP contribution in [-0.2, 0) is 4.79 Å². The van der Waals surface area contributed by atoms with Gasteiger partial charge in [0.1, 0.15) is 19.0 Å². The minimum Gasteiger partial charge on any atom is -0.491 e. The molecular formula is C12H15FN2O4. The van der Waals surface area contributed by atoms with Crippen molar-refractivity contribution in [1.29, 1.82) is 0 Å². The van der Waals surface area contributed by atoms with Crippen molar-refractivity contribution in [1.82, 2.24) is 5.32 Å². The number of ether oxygens (including phenoxy) is 1. The number of hydrogen-bond acceptors (Lipinski definition) is 3. The molecule has 0 aliphatic rings. The van der Waals surface area contributed by atoms with Gasteiger partial charge in [-0.2, -0.15) is 0 Å². The van der Waals surface area contributed by atoms with Gasteiger partial charge < -0.3 is 20.5 Å². The zero-order valence-corrected chi connectivity index (χ0v) is 10.2. The minimum atomic E-state index is -0.984. The van der Waals surface area contributed by atoms with Gasteiger partial charge in [0.2, 0.25) is 0 Å². The fourth-order valence-electron chi connectivity index (χ4n) is 1.28. The standard InChI is InChI=1S/C12H15FN2O4/c13-5-7-19-10-3-1-2-9(8-10)15-12(18)14-6-4-11(16)17/h1-3,8H,4-7H2,(H,16,17)(H2,14,15,18). The van der Waals surface area contributed by atoms with Crippen molar-refractivity contribution in [2.24, 2.45) is 0 Å². The van der Waals surface area contributed by atoms with Gasteiger partial charge in [-0.3, -0.25) is 4.79 Å². The van der Waals surface area contributed by atoms with E-state index in [1.165, 1.54) is 0 Å². The molecule has 0 aromatic heterocycles. The number of carboxylic acids is 1. The van der Waals surface area contributed by atoms with Crippen LogP contribution in [0.1, 0.15) is 6.42 Å². The average molecular weight is 270 g/mol. The molecule has 19 heavy (non-hydrogen) atoms. The summed E-state index contributed by atoms with van der Waals surface area (Å²) in [5.74, 6) is -0.539. The number of rotatable bonds is 7. The molecule has 1 rings (SSSR count). The molecule has 0 atom stereocenters. The first-order chi connectivity index (χ1) is 9.11. The molecule has 0 unspecified atom stereocenters. The van der Waals surface area contributed by atoms with Crippen molar-refractivity contribution in [3.63, 3.8) is 0 Å². The van der Waals surface area contributed by atoms with Crippen molar-refractivity contribution in [3.05, 3.63) is 24.3 Å². The summed E-state index contributed by atoms with van der Waals surface area (Å²) < 4.78 is 17.0. The Morgan fingerprint density at radius 2 is 2.16 bits per heavy atom. The Morgan fingerprint density at radius 3 is 2.84 bits per heavy atom. The van der Waals surface area contributed by atoms with E-state index in [2.05, 4.69) is 10.6 Å². The van der Waals surface area contributed by atoms with E-state index < -0.39 is 18.7 Å². The number of carbonyl (C=O) groups is 2. The molecule has 3 N–H and O–H groups in total. The van der Waals surface area contributed by atoms with Crippen molar-refractivity contribution in [3.8, 4) is 5.75 Å². The molecule has 104 valence electrons. The molecule has 0 aliphatic heterocycles. The quantitative estimate of drug-likeness (QED) is 0.702. The van der Waals surface area contributed by atoms with Crippen LogP contribution in [0.3, 0.4) is 0 Å². The van der Waals surface area contributed by atoms with E-state index in [0.29, 0.717) is 11.4 Å². The van der Waals surface area contributed by atoms with Crippen LogP contribution in [0.5, 0.6) is 5.75 Å². The van der Waals surface area contributed by atoms with Crippen LogP contribution in [0, 0.1) is 0 Å². The number of hydrogen-bond donors (Lipinski definition) is 3. The summed E-state index contributed by atoms with van der Waals surface area (Å²) in [4.78, 5) is 21.7. The van der Waals surface area contributed by atoms with Gasteiger partial charge >= 0.3 is 12.0 Å². The largest absolute Gasteiger partial charge is 0.491 e. The minimum absolute atomic E-state index is 0.0409. The lowest BCUT2D eigenvalue weighted by atomic mass is 10.3. The predicted molar refractivity (Wildman–Crippen MR) is 67.2 cm³/mol. The summed E-state index contributed by atoms with van der Waals surface area (Å²) in [6, 6.07) is 5.97. The highest BCUT2D eigenvalue weighted by Crippen LogP contribution is 2.17. The maximum Gasteiger partial charge on any atom is 0.319 e. The number of alkyl halides is 1. The fourth-order valence-corrected chi connectivity index (χ4v) is 1.28. The molecule has 0 aliphatic carbocycles. The van der Waals surface area contributed by atoms with E-state index in [1.807, 2.05) is 0 Å².